The highest BCUT2D eigenvalue weighted by Crippen LogP contribution is 2.22. The normalized spacial score (nSPS) is 13.6. The second-order valence-electron chi connectivity index (χ2n) is 3.70. The first-order valence-corrected chi connectivity index (χ1v) is 4.98. The number of nitrogens with zero attached hydrogens (tertiary/aromatic N) is 3. The Labute approximate surface area is 89.6 Å². The van der Waals surface area contributed by atoms with Crippen LogP contribution in [0.5, 0.6) is 0 Å². The Morgan fingerprint density at radius 3 is 2.71 bits per heavy atom. The van der Waals surface area contributed by atoms with Crippen LogP contribution in [0.15, 0.2) is 6.20 Å². The summed E-state index contributed by atoms with van der Waals surface area (Å²) in [4.78, 5) is 2.10. The molecule has 0 fully saturated rings. The molecule has 2 N–H and O–H groups in total. The van der Waals surface area contributed by atoms with Crippen LogP contribution < -0.4 is 5.73 Å². The number of rotatable bonds is 4. The first-order chi connectivity index (χ1) is 6.52. The first kappa shape index (κ1) is 11.5. The van der Waals surface area contributed by atoms with Gasteiger partial charge in [-0.25, -0.2) is 0 Å². The summed E-state index contributed by atoms with van der Waals surface area (Å²) < 4.78 is 1.74. The summed E-state index contributed by atoms with van der Waals surface area (Å²) >= 11 is 5.98. The van der Waals surface area contributed by atoms with Gasteiger partial charge in [-0.3, -0.25) is 4.68 Å². The zero-order valence-corrected chi connectivity index (χ0v) is 9.62. The van der Waals surface area contributed by atoms with Crippen LogP contribution in [0, 0.1) is 0 Å². The predicted octanol–water partition coefficient (Wildman–Crippen LogP) is 1.02. The second kappa shape index (κ2) is 4.77. The highest BCUT2D eigenvalue weighted by Gasteiger charge is 2.14. The van der Waals surface area contributed by atoms with Gasteiger partial charge in [-0.2, -0.15) is 5.10 Å². The summed E-state index contributed by atoms with van der Waals surface area (Å²) in [5.41, 5.74) is 6.93. The average Bonchev–Trinajstić information content (AvgIpc) is 2.42. The highest BCUT2D eigenvalue weighted by molar-refractivity contribution is 6.31. The van der Waals surface area contributed by atoms with Crippen LogP contribution in [-0.2, 0) is 7.05 Å². The molecule has 1 rings (SSSR count). The Bertz CT molecular complexity index is 276. The summed E-state index contributed by atoms with van der Waals surface area (Å²) in [6.07, 6.45) is 2.51. The summed E-state index contributed by atoms with van der Waals surface area (Å²) in [5, 5.41) is 4.71. The van der Waals surface area contributed by atoms with Crippen molar-refractivity contribution in [1.29, 1.82) is 0 Å². The van der Waals surface area contributed by atoms with Gasteiger partial charge in [-0.1, -0.05) is 11.6 Å². The standard InChI is InChI=1S/C9H17ClN4/c1-13(2)5-4-8(11)9-7(10)6-12-14(9)3/h6,8H,4-5,11H2,1-3H3. The minimum Gasteiger partial charge on any atom is -0.323 e. The Morgan fingerprint density at radius 2 is 2.29 bits per heavy atom. The van der Waals surface area contributed by atoms with E-state index in [-0.39, 0.29) is 6.04 Å². The third-order valence-corrected chi connectivity index (χ3v) is 2.47. The zero-order valence-electron chi connectivity index (χ0n) is 8.87. The summed E-state index contributed by atoms with van der Waals surface area (Å²) in [6.45, 7) is 0.947. The molecule has 0 saturated heterocycles. The SMILES string of the molecule is CN(C)CCC(N)c1c(Cl)cnn1C. The van der Waals surface area contributed by atoms with Crippen molar-refractivity contribution < 1.29 is 0 Å². The van der Waals surface area contributed by atoms with Gasteiger partial charge in [0.2, 0.25) is 0 Å². The molecule has 1 aromatic heterocycles. The van der Waals surface area contributed by atoms with Gasteiger partial charge in [0, 0.05) is 13.1 Å². The lowest BCUT2D eigenvalue weighted by atomic mass is 10.1. The third-order valence-electron chi connectivity index (χ3n) is 2.18. The maximum absolute atomic E-state index is 6.02. The van der Waals surface area contributed by atoms with Crippen molar-refractivity contribution in [3.63, 3.8) is 0 Å². The molecular formula is C9H17ClN4. The molecule has 1 unspecified atom stereocenters. The number of halogens is 1. The molecule has 0 aromatic carbocycles. The number of nitrogens with two attached hydrogens (primary N) is 1. The fraction of sp³-hybridized carbons (Fsp3) is 0.667. The highest BCUT2D eigenvalue weighted by atomic mass is 35.5. The van der Waals surface area contributed by atoms with E-state index in [1.165, 1.54) is 0 Å². The molecular weight excluding hydrogens is 200 g/mol. The van der Waals surface area contributed by atoms with Gasteiger partial charge < -0.3 is 10.6 Å². The van der Waals surface area contributed by atoms with Crippen molar-refractivity contribution in [1.82, 2.24) is 14.7 Å². The molecule has 0 spiro atoms. The monoisotopic (exact) mass is 216 g/mol. The van der Waals surface area contributed by atoms with Gasteiger partial charge in [0.05, 0.1) is 16.9 Å². The van der Waals surface area contributed by atoms with E-state index in [0.717, 1.165) is 18.7 Å². The van der Waals surface area contributed by atoms with Crippen molar-refractivity contribution >= 4 is 11.6 Å². The molecule has 0 radical (unpaired) electrons. The Hall–Kier alpha value is -0.580. The van der Waals surface area contributed by atoms with Gasteiger partial charge in [-0.05, 0) is 27.1 Å². The molecule has 4 nitrogen and oxygen atoms in total. The van der Waals surface area contributed by atoms with Crippen molar-refractivity contribution in [2.45, 2.75) is 12.5 Å². The predicted molar refractivity (Wildman–Crippen MR) is 58.3 cm³/mol. The molecule has 0 aliphatic carbocycles. The molecule has 1 aromatic rings. The molecule has 80 valence electrons. The Balaban J connectivity index is 2.64. The van der Waals surface area contributed by atoms with E-state index in [2.05, 4.69) is 10.00 Å². The fourth-order valence-corrected chi connectivity index (χ4v) is 1.68. The van der Waals surface area contributed by atoms with E-state index in [0.29, 0.717) is 5.02 Å². The van der Waals surface area contributed by atoms with Gasteiger partial charge in [-0.15, -0.1) is 0 Å². The van der Waals surface area contributed by atoms with Gasteiger partial charge in [0.15, 0.2) is 0 Å². The molecule has 1 atom stereocenters. The molecule has 14 heavy (non-hydrogen) atoms. The van der Waals surface area contributed by atoms with Crippen LogP contribution in [0.25, 0.3) is 0 Å². The second-order valence-corrected chi connectivity index (χ2v) is 4.11. The van der Waals surface area contributed by atoms with E-state index in [1.807, 2.05) is 21.1 Å². The van der Waals surface area contributed by atoms with Crippen molar-refractivity contribution in [3.8, 4) is 0 Å². The summed E-state index contributed by atoms with van der Waals surface area (Å²) in [5.74, 6) is 0. The van der Waals surface area contributed by atoms with Crippen LogP contribution >= 0.6 is 11.6 Å². The van der Waals surface area contributed by atoms with Gasteiger partial charge in [0.25, 0.3) is 0 Å². The zero-order chi connectivity index (χ0) is 10.7. The molecule has 5 heteroatoms. The van der Waals surface area contributed by atoms with E-state index in [1.54, 1.807) is 10.9 Å². The lowest BCUT2D eigenvalue weighted by Crippen LogP contribution is -2.22. The quantitative estimate of drug-likeness (QED) is 0.818. The summed E-state index contributed by atoms with van der Waals surface area (Å²) in [6, 6.07) is -0.0441. The third kappa shape index (κ3) is 2.70. The number of aromatic nitrogens is 2. The van der Waals surface area contributed by atoms with E-state index in [4.69, 9.17) is 17.3 Å². The van der Waals surface area contributed by atoms with Crippen LogP contribution in [0.2, 0.25) is 5.02 Å². The molecule has 0 aliphatic rings. The smallest absolute Gasteiger partial charge is 0.0833 e. The lowest BCUT2D eigenvalue weighted by molar-refractivity contribution is 0.378. The van der Waals surface area contributed by atoms with Crippen molar-refractivity contribution in [2.75, 3.05) is 20.6 Å². The van der Waals surface area contributed by atoms with E-state index in [9.17, 15) is 0 Å². The summed E-state index contributed by atoms with van der Waals surface area (Å²) in [7, 11) is 5.91. The van der Waals surface area contributed by atoms with E-state index >= 15 is 0 Å². The number of hydrogen-bond donors (Lipinski definition) is 1. The van der Waals surface area contributed by atoms with Gasteiger partial charge >= 0.3 is 0 Å². The van der Waals surface area contributed by atoms with Crippen molar-refractivity contribution in [3.05, 3.63) is 16.9 Å². The molecule has 0 aliphatic heterocycles. The number of hydrogen-bond acceptors (Lipinski definition) is 3. The molecule has 0 bridgehead atoms. The maximum Gasteiger partial charge on any atom is 0.0833 e. The van der Waals surface area contributed by atoms with Crippen LogP contribution in [0.4, 0.5) is 0 Å². The number of aryl methyl sites for hydroxylation is 1. The van der Waals surface area contributed by atoms with E-state index < -0.39 is 0 Å². The van der Waals surface area contributed by atoms with Crippen LogP contribution in [0.1, 0.15) is 18.2 Å². The maximum atomic E-state index is 6.02. The fourth-order valence-electron chi connectivity index (χ4n) is 1.37. The minimum atomic E-state index is -0.0441. The minimum absolute atomic E-state index is 0.0441. The Morgan fingerprint density at radius 1 is 1.64 bits per heavy atom. The van der Waals surface area contributed by atoms with Crippen LogP contribution in [0.3, 0.4) is 0 Å². The molecule has 0 amide bonds. The van der Waals surface area contributed by atoms with Gasteiger partial charge in [0.1, 0.15) is 0 Å². The first-order valence-electron chi connectivity index (χ1n) is 4.60. The largest absolute Gasteiger partial charge is 0.323 e. The molecule has 1 heterocycles. The Kier molecular flexibility index (Phi) is 3.92. The molecule has 0 saturated carbocycles. The van der Waals surface area contributed by atoms with Crippen LogP contribution in [-0.4, -0.2) is 35.3 Å². The average molecular weight is 217 g/mol. The van der Waals surface area contributed by atoms with Crippen molar-refractivity contribution in [2.24, 2.45) is 12.8 Å². The topological polar surface area (TPSA) is 47.1 Å². The lowest BCUT2D eigenvalue weighted by Gasteiger charge is -2.15.